The summed E-state index contributed by atoms with van der Waals surface area (Å²) < 4.78 is 5.14. The highest BCUT2D eigenvalue weighted by molar-refractivity contribution is 5.87. The number of nitrogens with zero attached hydrogens (tertiary/aromatic N) is 2. The molecule has 5 aliphatic carbocycles. The van der Waals surface area contributed by atoms with E-state index >= 15 is 0 Å². The first kappa shape index (κ1) is 29.8. The number of carbonyl (C=O) groups excluding carboxylic acids is 2. The van der Waals surface area contributed by atoms with Gasteiger partial charge in [0.1, 0.15) is 12.9 Å². The van der Waals surface area contributed by atoms with E-state index in [1.807, 2.05) is 0 Å². The maximum Gasteiger partial charge on any atom is 0.325 e. The Morgan fingerprint density at radius 2 is 1.79 bits per heavy atom. The summed E-state index contributed by atoms with van der Waals surface area (Å²) in [5, 5.41) is 3.05. The number of carbonyl (C=O) groups is 2. The fraction of sp³-hybridized carbons (Fsp3) is 0.778. The lowest BCUT2D eigenvalue weighted by atomic mass is 9.33. The van der Waals surface area contributed by atoms with Gasteiger partial charge >= 0.3 is 5.97 Å². The largest absolute Gasteiger partial charge is 0.465 e. The van der Waals surface area contributed by atoms with Crippen LogP contribution in [0.4, 0.5) is 0 Å². The number of hydrogen-bond acceptors (Lipinski definition) is 5. The number of fused-ring (bicyclic) bond motifs is 8. The fourth-order valence-electron chi connectivity index (χ4n) is 11.9. The Morgan fingerprint density at radius 1 is 1.02 bits per heavy atom. The number of esters is 1. The van der Waals surface area contributed by atoms with E-state index in [-0.39, 0.29) is 46.0 Å². The van der Waals surface area contributed by atoms with E-state index in [1.54, 1.807) is 18.8 Å². The molecule has 1 aromatic heterocycles. The van der Waals surface area contributed by atoms with E-state index < -0.39 is 5.41 Å². The summed E-state index contributed by atoms with van der Waals surface area (Å²) >= 11 is 0. The second-order valence-electron chi connectivity index (χ2n) is 16.1. The first-order chi connectivity index (χ1) is 19.8. The Labute approximate surface area is 253 Å². The topological polar surface area (TPSA) is 81.2 Å². The molecule has 0 spiro atoms. The van der Waals surface area contributed by atoms with Crippen LogP contribution in [-0.4, -0.2) is 35.0 Å². The Hall–Kier alpha value is -2.24. The summed E-state index contributed by atoms with van der Waals surface area (Å²) in [5.74, 6) is 2.05. The van der Waals surface area contributed by atoms with Crippen LogP contribution in [0.25, 0.3) is 0 Å². The molecule has 3 saturated carbocycles. The molecule has 0 bridgehead atoms. The van der Waals surface area contributed by atoms with Crippen LogP contribution in [0.2, 0.25) is 0 Å². The molecule has 0 aromatic carbocycles. The van der Waals surface area contributed by atoms with Gasteiger partial charge in [0.2, 0.25) is 5.91 Å². The number of hydrogen-bond donors (Lipinski definition) is 1. The van der Waals surface area contributed by atoms with Crippen LogP contribution in [0.3, 0.4) is 0 Å². The van der Waals surface area contributed by atoms with Crippen LogP contribution in [0.5, 0.6) is 0 Å². The molecular formula is C36H53N3O3. The third-order valence-corrected chi connectivity index (χ3v) is 14.2. The van der Waals surface area contributed by atoms with E-state index in [2.05, 4.69) is 71.0 Å². The lowest BCUT2D eigenvalue weighted by Gasteiger charge is -2.71. The van der Waals surface area contributed by atoms with Crippen molar-refractivity contribution in [2.45, 2.75) is 112 Å². The third kappa shape index (κ3) is 3.87. The number of ether oxygens (including phenoxy) is 1. The molecule has 0 saturated heterocycles. The molecule has 42 heavy (non-hydrogen) atoms. The summed E-state index contributed by atoms with van der Waals surface area (Å²) in [6.45, 7) is 19.5. The maximum absolute atomic E-state index is 14.1. The molecule has 9 atom stereocenters. The van der Waals surface area contributed by atoms with Crippen molar-refractivity contribution in [2.75, 3.05) is 13.2 Å². The highest BCUT2D eigenvalue weighted by Gasteiger charge is 2.69. The van der Waals surface area contributed by atoms with Gasteiger partial charge in [0.15, 0.2) is 0 Å². The maximum atomic E-state index is 14.1. The number of amides is 1. The number of rotatable bonds is 4. The molecule has 0 aliphatic heterocycles. The summed E-state index contributed by atoms with van der Waals surface area (Å²) in [7, 11) is 0. The molecule has 5 aliphatic rings. The first-order valence-electron chi connectivity index (χ1n) is 16.7. The van der Waals surface area contributed by atoms with Crippen molar-refractivity contribution in [1.82, 2.24) is 15.3 Å². The molecule has 1 aromatic rings. The summed E-state index contributed by atoms with van der Waals surface area (Å²) in [6, 6.07) is 0. The highest BCUT2D eigenvalue weighted by Crippen LogP contribution is 2.75. The van der Waals surface area contributed by atoms with Crippen molar-refractivity contribution in [3.63, 3.8) is 0 Å². The van der Waals surface area contributed by atoms with Gasteiger partial charge in [-0.1, -0.05) is 60.1 Å². The van der Waals surface area contributed by atoms with Crippen molar-refractivity contribution in [2.24, 2.45) is 51.2 Å². The van der Waals surface area contributed by atoms with E-state index in [0.29, 0.717) is 30.3 Å². The van der Waals surface area contributed by atoms with Crippen LogP contribution in [0, 0.1) is 51.2 Å². The number of allylic oxidation sites excluding steroid dienone is 2. The Bertz CT molecular complexity index is 1310. The van der Waals surface area contributed by atoms with Gasteiger partial charge in [-0.2, -0.15) is 0 Å². The summed E-state index contributed by atoms with van der Waals surface area (Å²) in [5.41, 5.74) is 4.07. The highest BCUT2D eigenvalue weighted by atomic mass is 16.5. The molecule has 1 heterocycles. The van der Waals surface area contributed by atoms with Gasteiger partial charge in [-0.3, -0.25) is 9.59 Å². The molecule has 3 fully saturated rings. The summed E-state index contributed by atoms with van der Waals surface area (Å²) in [4.78, 5) is 35.6. The second-order valence-corrected chi connectivity index (χ2v) is 16.1. The summed E-state index contributed by atoms with van der Waals surface area (Å²) in [6.07, 6.45) is 14.9. The van der Waals surface area contributed by atoms with Gasteiger partial charge in [-0.15, -0.1) is 0 Å². The first-order valence-corrected chi connectivity index (χ1v) is 16.7. The number of nitrogens with one attached hydrogen (secondary N) is 1. The van der Waals surface area contributed by atoms with E-state index in [9.17, 15) is 9.59 Å². The number of aromatic nitrogens is 2. The molecular weight excluding hydrogens is 522 g/mol. The lowest BCUT2D eigenvalue weighted by Crippen LogP contribution is -2.66. The smallest absolute Gasteiger partial charge is 0.325 e. The minimum Gasteiger partial charge on any atom is -0.465 e. The molecule has 0 unspecified atom stereocenters. The zero-order chi connectivity index (χ0) is 30.3. The molecule has 6 heteroatoms. The second kappa shape index (κ2) is 9.89. The minimum absolute atomic E-state index is 0.0174. The van der Waals surface area contributed by atoms with Crippen LogP contribution < -0.4 is 5.32 Å². The Kier molecular flexibility index (Phi) is 7.02. The fourth-order valence-corrected chi connectivity index (χ4v) is 11.9. The van der Waals surface area contributed by atoms with Crippen LogP contribution in [0.15, 0.2) is 24.2 Å². The third-order valence-electron chi connectivity index (χ3n) is 14.2. The standard InChI is InChI=1S/C36H53N3O3/c1-9-42-28(40)20-38-31(41)36-15-12-22(2)23(3)29(36)25-10-11-27-33(6)18-24-19-37-21-39-30(24)32(4,5)26(33)13-14-35(27,8)34(25,7)16-17-36/h10,19,21-23,26-27,29H,9,11-18,20H2,1-8H3,(H,38,41)/t22-,23+,26+,27-,29+,33+,34-,35-,36+/m1/s1. The van der Waals surface area contributed by atoms with Crippen molar-refractivity contribution >= 4 is 11.9 Å². The predicted molar refractivity (Wildman–Crippen MR) is 164 cm³/mol. The van der Waals surface area contributed by atoms with Gasteiger partial charge in [0, 0.05) is 11.6 Å². The normalized spacial score (nSPS) is 43.3. The average Bonchev–Trinajstić information content (AvgIpc) is 2.94. The van der Waals surface area contributed by atoms with Crippen molar-refractivity contribution < 1.29 is 14.3 Å². The molecule has 1 N–H and O–H groups in total. The van der Waals surface area contributed by atoms with Gasteiger partial charge in [-0.25, -0.2) is 9.97 Å². The Morgan fingerprint density at radius 3 is 2.52 bits per heavy atom. The average molecular weight is 576 g/mol. The van der Waals surface area contributed by atoms with Crippen LogP contribution in [0.1, 0.15) is 112 Å². The van der Waals surface area contributed by atoms with Gasteiger partial charge in [0.05, 0.1) is 17.7 Å². The van der Waals surface area contributed by atoms with Crippen molar-refractivity contribution in [1.29, 1.82) is 0 Å². The molecule has 6 rings (SSSR count). The molecule has 6 nitrogen and oxygen atoms in total. The van der Waals surface area contributed by atoms with Crippen molar-refractivity contribution in [3.8, 4) is 0 Å². The van der Waals surface area contributed by atoms with Gasteiger partial charge in [0.25, 0.3) is 0 Å². The lowest BCUT2D eigenvalue weighted by molar-refractivity contribution is -0.170. The van der Waals surface area contributed by atoms with Crippen LogP contribution in [-0.2, 0) is 26.2 Å². The molecule has 230 valence electrons. The molecule has 1 amide bonds. The quantitative estimate of drug-likeness (QED) is 0.314. The SMILES string of the molecule is CCOC(=O)CNC(=O)[C@]12CC[C@@H](C)[C@H](C)[C@H]1C1=CC[C@@H]3[C@@]4(C)Cc5cncnc5C(C)(C)[C@@H]4CC[C@@]3(C)[C@]1(C)CC2. The Balaban J connectivity index is 1.40. The van der Waals surface area contributed by atoms with Gasteiger partial charge in [-0.05, 0) is 110 Å². The van der Waals surface area contributed by atoms with E-state index in [4.69, 9.17) is 9.72 Å². The van der Waals surface area contributed by atoms with E-state index in [1.165, 1.54) is 24.1 Å². The van der Waals surface area contributed by atoms with E-state index in [0.717, 1.165) is 38.5 Å². The monoisotopic (exact) mass is 575 g/mol. The van der Waals surface area contributed by atoms with Gasteiger partial charge < -0.3 is 10.1 Å². The zero-order valence-corrected chi connectivity index (χ0v) is 27.3. The zero-order valence-electron chi connectivity index (χ0n) is 27.3. The minimum atomic E-state index is -0.447. The van der Waals surface area contributed by atoms with Crippen molar-refractivity contribution in [3.05, 3.63) is 35.4 Å². The predicted octanol–water partition coefficient (Wildman–Crippen LogP) is 6.83. The molecule has 0 radical (unpaired) electrons. The van der Waals surface area contributed by atoms with Crippen LogP contribution >= 0.6 is 0 Å².